The van der Waals surface area contributed by atoms with Crippen LogP contribution in [0.2, 0.25) is 0 Å². The summed E-state index contributed by atoms with van der Waals surface area (Å²) >= 11 is 2.12. The fraction of sp³-hybridized carbons (Fsp3) is 0.688. The molecule has 0 radical (unpaired) electrons. The smallest absolute Gasteiger partial charge is 0.0544 e. The Hall–Kier alpha value is -0.580. The zero-order valence-electron chi connectivity index (χ0n) is 12.3. The van der Waals surface area contributed by atoms with Crippen LogP contribution in [0.5, 0.6) is 0 Å². The molecule has 1 N–H and O–H groups in total. The van der Waals surface area contributed by atoms with Gasteiger partial charge in [-0.05, 0) is 30.9 Å². The van der Waals surface area contributed by atoms with Gasteiger partial charge >= 0.3 is 0 Å². The molecule has 1 saturated carbocycles. The van der Waals surface area contributed by atoms with E-state index in [1.165, 1.54) is 49.4 Å². The summed E-state index contributed by atoms with van der Waals surface area (Å²) in [4.78, 5) is 7.18. The molecule has 0 amide bonds. The molecule has 1 aliphatic heterocycles. The normalized spacial score (nSPS) is 23.9. The molecule has 2 heterocycles. The van der Waals surface area contributed by atoms with Crippen LogP contribution in [0.1, 0.15) is 37.4 Å². The van der Waals surface area contributed by atoms with E-state index in [2.05, 4.69) is 46.0 Å². The van der Waals surface area contributed by atoms with Crippen molar-refractivity contribution in [1.82, 2.24) is 15.2 Å². The molecule has 3 nitrogen and oxygen atoms in total. The van der Waals surface area contributed by atoms with Crippen LogP contribution in [0, 0.1) is 0 Å². The van der Waals surface area contributed by atoms with E-state index in [-0.39, 0.29) is 0 Å². The summed E-state index contributed by atoms with van der Waals surface area (Å²) in [5, 5.41) is 4.34. The standard InChI is InChI=1S/C16H25N3S/c1-2-16-12-19(7-8-20-16)11-15-4-3-13(10-18-15)9-17-14-5-6-14/h3-4,10,14,16-17H,2,5-9,11-12H2,1H3. The van der Waals surface area contributed by atoms with Gasteiger partial charge in [0.25, 0.3) is 0 Å². The number of hydrogen-bond donors (Lipinski definition) is 1. The molecule has 1 saturated heterocycles. The van der Waals surface area contributed by atoms with Gasteiger partial charge in [-0.25, -0.2) is 0 Å². The van der Waals surface area contributed by atoms with Crippen molar-refractivity contribution in [3.63, 3.8) is 0 Å². The molecular weight excluding hydrogens is 266 g/mol. The number of rotatable bonds is 6. The summed E-state index contributed by atoms with van der Waals surface area (Å²) in [6, 6.07) is 5.20. The van der Waals surface area contributed by atoms with E-state index in [1.807, 2.05) is 6.20 Å². The zero-order chi connectivity index (χ0) is 13.8. The summed E-state index contributed by atoms with van der Waals surface area (Å²) < 4.78 is 0. The average Bonchev–Trinajstić information content (AvgIpc) is 3.31. The molecule has 1 unspecified atom stereocenters. The highest BCUT2D eigenvalue weighted by Crippen LogP contribution is 2.22. The van der Waals surface area contributed by atoms with Crippen LogP contribution < -0.4 is 5.32 Å². The number of nitrogens with one attached hydrogen (secondary N) is 1. The van der Waals surface area contributed by atoms with E-state index in [4.69, 9.17) is 0 Å². The van der Waals surface area contributed by atoms with Gasteiger partial charge in [0.15, 0.2) is 0 Å². The monoisotopic (exact) mass is 291 g/mol. The first kappa shape index (κ1) is 14.4. The lowest BCUT2D eigenvalue weighted by Gasteiger charge is -2.31. The van der Waals surface area contributed by atoms with Crippen molar-refractivity contribution in [1.29, 1.82) is 0 Å². The summed E-state index contributed by atoms with van der Waals surface area (Å²) in [5.74, 6) is 1.27. The van der Waals surface area contributed by atoms with E-state index >= 15 is 0 Å². The summed E-state index contributed by atoms with van der Waals surface area (Å²) in [6.45, 7) is 6.69. The lowest BCUT2D eigenvalue weighted by Crippen LogP contribution is -2.37. The largest absolute Gasteiger partial charge is 0.310 e. The van der Waals surface area contributed by atoms with Gasteiger partial charge in [-0.2, -0.15) is 11.8 Å². The number of nitrogens with zero attached hydrogens (tertiary/aromatic N) is 2. The molecule has 20 heavy (non-hydrogen) atoms. The first-order valence-electron chi connectivity index (χ1n) is 7.84. The highest BCUT2D eigenvalue weighted by Gasteiger charge is 2.20. The van der Waals surface area contributed by atoms with Gasteiger partial charge < -0.3 is 5.32 Å². The Morgan fingerprint density at radius 3 is 3.00 bits per heavy atom. The maximum Gasteiger partial charge on any atom is 0.0544 e. The number of thioether (sulfide) groups is 1. The molecule has 1 aliphatic carbocycles. The van der Waals surface area contributed by atoms with Crippen molar-refractivity contribution in [3.05, 3.63) is 29.6 Å². The van der Waals surface area contributed by atoms with E-state index in [1.54, 1.807) is 0 Å². The predicted molar refractivity (Wildman–Crippen MR) is 85.9 cm³/mol. The van der Waals surface area contributed by atoms with E-state index in [0.29, 0.717) is 0 Å². The Morgan fingerprint density at radius 2 is 2.30 bits per heavy atom. The van der Waals surface area contributed by atoms with Crippen LogP contribution in [-0.4, -0.2) is 40.0 Å². The molecule has 2 fully saturated rings. The quantitative estimate of drug-likeness (QED) is 0.872. The van der Waals surface area contributed by atoms with Crippen molar-refractivity contribution in [3.8, 4) is 0 Å². The molecule has 3 rings (SSSR count). The number of hydrogen-bond acceptors (Lipinski definition) is 4. The third-order valence-electron chi connectivity index (χ3n) is 4.12. The minimum absolute atomic E-state index is 0.770. The molecule has 1 aromatic heterocycles. The molecule has 4 heteroatoms. The predicted octanol–water partition coefficient (Wildman–Crippen LogP) is 2.66. The Kier molecular flexibility index (Phi) is 4.97. The topological polar surface area (TPSA) is 28.2 Å². The Balaban J connectivity index is 1.49. The van der Waals surface area contributed by atoms with Crippen LogP contribution in [-0.2, 0) is 13.1 Å². The Morgan fingerprint density at radius 1 is 1.40 bits per heavy atom. The summed E-state index contributed by atoms with van der Waals surface area (Å²) in [5.41, 5.74) is 2.52. The molecule has 0 bridgehead atoms. The first-order valence-corrected chi connectivity index (χ1v) is 8.89. The minimum atomic E-state index is 0.770. The van der Waals surface area contributed by atoms with E-state index < -0.39 is 0 Å². The van der Waals surface area contributed by atoms with Gasteiger partial charge in [0.2, 0.25) is 0 Å². The van der Waals surface area contributed by atoms with Crippen LogP contribution in [0.4, 0.5) is 0 Å². The van der Waals surface area contributed by atoms with E-state index in [0.717, 1.165) is 24.4 Å². The summed E-state index contributed by atoms with van der Waals surface area (Å²) in [7, 11) is 0. The van der Waals surface area contributed by atoms with Gasteiger partial charge in [-0.3, -0.25) is 9.88 Å². The third-order valence-corrected chi connectivity index (χ3v) is 5.49. The number of pyridine rings is 1. The Labute approximate surface area is 126 Å². The fourth-order valence-electron chi connectivity index (χ4n) is 2.60. The molecule has 0 aromatic carbocycles. The summed E-state index contributed by atoms with van der Waals surface area (Å²) in [6.07, 6.45) is 6.01. The van der Waals surface area contributed by atoms with Crippen molar-refractivity contribution in [2.24, 2.45) is 0 Å². The minimum Gasteiger partial charge on any atom is -0.310 e. The highest BCUT2D eigenvalue weighted by molar-refractivity contribution is 8.00. The lowest BCUT2D eigenvalue weighted by atomic mass is 10.2. The van der Waals surface area contributed by atoms with Gasteiger partial charge in [-0.15, -0.1) is 0 Å². The van der Waals surface area contributed by atoms with Gasteiger partial charge in [-0.1, -0.05) is 13.0 Å². The Bertz CT molecular complexity index is 416. The molecule has 2 aliphatic rings. The first-order chi connectivity index (χ1) is 9.83. The fourth-order valence-corrected chi connectivity index (χ4v) is 3.85. The molecule has 1 atom stereocenters. The maximum atomic E-state index is 4.63. The van der Waals surface area contributed by atoms with E-state index in [9.17, 15) is 0 Å². The van der Waals surface area contributed by atoms with Crippen LogP contribution in [0.25, 0.3) is 0 Å². The van der Waals surface area contributed by atoms with Gasteiger partial charge in [0.1, 0.15) is 0 Å². The highest BCUT2D eigenvalue weighted by atomic mass is 32.2. The molecule has 0 spiro atoms. The van der Waals surface area contributed by atoms with Crippen LogP contribution in [0.15, 0.2) is 18.3 Å². The average molecular weight is 291 g/mol. The van der Waals surface area contributed by atoms with Crippen molar-refractivity contribution < 1.29 is 0 Å². The molecule has 110 valence electrons. The van der Waals surface area contributed by atoms with Crippen LogP contribution >= 0.6 is 11.8 Å². The molecular formula is C16H25N3S. The van der Waals surface area contributed by atoms with Crippen molar-refractivity contribution >= 4 is 11.8 Å². The second-order valence-electron chi connectivity index (χ2n) is 5.95. The van der Waals surface area contributed by atoms with Crippen molar-refractivity contribution in [2.75, 3.05) is 18.8 Å². The zero-order valence-corrected chi connectivity index (χ0v) is 13.2. The van der Waals surface area contributed by atoms with Crippen molar-refractivity contribution in [2.45, 2.75) is 50.6 Å². The number of aromatic nitrogens is 1. The molecule has 1 aromatic rings. The maximum absolute atomic E-state index is 4.63. The second kappa shape index (κ2) is 6.92. The van der Waals surface area contributed by atoms with Gasteiger partial charge in [0, 0.05) is 49.4 Å². The third kappa shape index (κ3) is 4.21. The van der Waals surface area contributed by atoms with Gasteiger partial charge in [0.05, 0.1) is 5.69 Å². The van der Waals surface area contributed by atoms with Crippen LogP contribution in [0.3, 0.4) is 0 Å². The SMILES string of the molecule is CCC1CN(Cc2ccc(CNC3CC3)cn2)CCS1. The lowest BCUT2D eigenvalue weighted by molar-refractivity contribution is 0.270. The second-order valence-corrected chi connectivity index (χ2v) is 7.36.